The first-order chi connectivity index (χ1) is 14.0. The monoisotopic (exact) mass is 396 g/mol. The van der Waals surface area contributed by atoms with Gasteiger partial charge in [-0.3, -0.25) is 9.59 Å². The van der Waals surface area contributed by atoms with Gasteiger partial charge >= 0.3 is 11.9 Å². The summed E-state index contributed by atoms with van der Waals surface area (Å²) in [6.07, 6.45) is 2.35. The van der Waals surface area contributed by atoms with Crippen molar-refractivity contribution in [3.8, 4) is 11.1 Å². The second-order valence-electron chi connectivity index (χ2n) is 6.81. The SMILES string of the molecule is CCCCC(=O)C(Cc1ccc(-c2ccccc2C(=O)OC)cc1)C(=O)OCC. The van der Waals surface area contributed by atoms with Gasteiger partial charge in [-0.05, 0) is 42.5 Å². The molecule has 2 aromatic rings. The van der Waals surface area contributed by atoms with Gasteiger partial charge < -0.3 is 9.47 Å². The van der Waals surface area contributed by atoms with Gasteiger partial charge in [-0.1, -0.05) is 55.8 Å². The smallest absolute Gasteiger partial charge is 0.338 e. The van der Waals surface area contributed by atoms with Crippen molar-refractivity contribution in [1.29, 1.82) is 0 Å². The minimum absolute atomic E-state index is 0.0783. The van der Waals surface area contributed by atoms with Gasteiger partial charge in [0.25, 0.3) is 0 Å². The van der Waals surface area contributed by atoms with Gasteiger partial charge in [-0.25, -0.2) is 4.79 Å². The number of Topliss-reactive ketones (excluding diaryl/α,β-unsaturated/α-hetero) is 1. The van der Waals surface area contributed by atoms with Gasteiger partial charge in [0.05, 0.1) is 19.3 Å². The molecule has 29 heavy (non-hydrogen) atoms. The summed E-state index contributed by atoms with van der Waals surface area (Å²) in [4.78, 5) is 36.8. The molecule has 0 spiro atoms. The molecule has 154 valence electrons. The van der Waals surface area contributed by atoms with Gasteiger partial charge in [0, 0.05) is 6.42 Å². The molecule has 0 fully saturated rings. The van der Waals surface area contributed by atoms with E-state index in [1.54, 1.807) is 19.1 Å². The van der Waals surface area contributed by atoms with E-state index in [0.29, 0.717) is 18.4 Å². The lowest BCUT2D eigenvalue weighted by molar-refractivity contribution is -0.151. The lowest BCUT2D eigenvalue weighted by Crippen LogP contribution is -2.28. The van der Waals surface area contributed by atoms with Crippen molar-refractivity contribution in [3.63, 3.8) is 0 Å². The molecule has 0 aliphatic rings. The van der Waals surface area contributed by atoms with Crippen molar-refractivity contribution in [1.82, 2.24) is 0 Å². The Kier molecular flexibility index (Phi) is 8.59. The number of unbranched alkanes of at least 4 members (excludes halogenated alkanes) is 1. The van der Waals surface area contributed by atoms with Crippen LogP contribution in [0.1, 0.15) is 49.0 Å². The maximum absolute atomic E-state index is 12.5. The van der Waals surface area contributed by atoms with E-state index in [-0.39, 0.29) is 12.4 Å². The third-order valence-electron chi connectivity index (χ3n) is 4.77. The van der Waals surface area contributed by atoms with Crippen LogP contribution in [0.25, 0.3) is 11.1 Å². The van der Waals surface area contributed by atoms with Crippen LogP contribution in [0.5, 0.6) is 0 Å². The molecule has 0 amide bonds. The van der Waals surface area contributed by atoms with Crippen LogP contribution in [0, 0.1) is 5.92 Å². The summed E-state index contributed by atoms with van der Waals surface area (Å²) in [5.41, 5.74) is 2.99. The third kappa shape index (κ3) is 6.01. The van der Waals surface area contributed by atoms with Crippen LogP contribution in [-0.4, -0.2) is 31.4 Å². The third-order valence-corrected chi connectivity index (χ3v) is 4.77. The second-order valence-corrected chi connectivity index (χ2v) is 6.81. The summed E-state index contributed by atoms with van der Waals surface area (Å²) >= 11 is 0. The van der Waals surface area contributed by atoms with Crippen molar-refractivity contribution >= 4 is 17.7 Å². The molecule has 0 saturated heterocycles. The molecule has 2 rings (SSSR count). The topological polar surface area (TPSA) is 69.7 Å². The molecular formula is C24H28O5. The van der Waals surface area contributed by atoms with Gasteiger partial charge in [-0.15, -0.1) is 0 Å². The Labute approximate surface area is 172 Å². The molecule has 0 aromatic heterocycles. The summed E-state index contributed by atoms with van der Waals surface area (Å²) < 4.78 is 9.97. The van der Waals surface area contributed by atoms with Crippen LogP contribution in [-0.2, 0) is 25.5 Å². The molecule has 0 saturated carbocycles. The number of ketones is 1. The summed E-state index contributed by atoms with van der Waals surface area (Å²) in [7, 11) is 1.35. The van der Waals surface area contributed by atoms with Crippen LogP contribution in [0.2, 0.25) is 0 Å². The summed E-state index contributed by atoms with van der Waals surface area (Å²) in [6.45, 7) is 4.00. The Morgan fingerprint density at radius 1 is 0.966 bits per heavy atom. The van der Waals surface area contributed by atoms with E-state index in [2.05, 4.69) is 0 Å². The summed E-state index contributed by atoms with van der Waals surface area (Å²) in [6, 6.07) is 14.8. The minimum Gasteiger partial charge on any atom is -0.465 e. The molecule has 1 unspecified atom stereocenters. The van der Waals surface area contributed by atoms with E-state index in [0.717, 1.165) is 29.5 Å². The zero-order chi connectivity index (χ0) is 21.2. The molecular weight excluding hydrogens is 368 g/mol. The largest absolute Gasteiger partial charge is 0.465 e. The molecule has 1 atom stereocenters. The van der Waals surface area contributed by atoms with Crippen molar-refractivity contribution in [2.75, 3.05) is 13.7 Å². The Morgan fingerprint density at radius 2 is 1.66 bits per heavy atom. The molecule has 0 aliphatic heterocycles. The van der Waals surface area contributed by atoms with Gasteiger partial charge in [0.2, 0.25) is 0 Å². The first-order valence-corrected chi connectivity index (χ1v) is 9.97. The number of ether oxygens (including phenoxy) is 2. The molecule has 0 radical (unpaired) electrons. The number of carbonyl (C=O) groups excluding carboxylic acids is 3. The lowest BCUT2D eigenvalue weighted by Gasteiger charge is -2.15. The molecule has 2 aromatic carbocycles. The minimum atomic E-state index is -0.783. The molecule has 5 nitrogen and oxygen atoms in total. The number of hydrogen-bond donors (Lipinski definition) is 0. The normalized spacial score (nSPS) is 11.6. The van der Waals surface area contributed by atoms with E-state index in [4.69, 9.17) is 9.47 Å². The Bertz CT molecular complexity index is 839. The average molecular weight is 396 g/mol. The second kappa shape index (κ2) is 11.1. The first kappa shape index (κ1) is 22.3. The number of hydrogen-bond acceptors (Lipinski definition) is 5. The first-order valence-electron chi connectivity index (χ1n) is 9.97. The number of benzene rings is 2. The predicted octanol–water partition coefficient (Wildman–Crippen LogP) is 4.62. The highest BCUT2D eigenvalue weighted by Crippen LogP contribution is 2.25. The molecule has 0 bridgehead atoms. The fourth-order valence-electron chi connectivity index (χ4n) is 3.18. The number of rotatable bonds is 10. The van der Waals surface area contributed by atoms with Crippen LogP contribution in [0.4, 0.5) is 0 Å². The van der Waals surface area contributed by atoms with Gasteiger partial charge in [0.15, 0.2) is 0 Å². The average Bonchev–Trinajstić information content (AvgIpc) is 2.75. The molecule has 0 aliphatic carbocycles. The van der Waals surface area contributed by atoms with E-state index in [1.807, 2.05) is 43.3 Å². The van der Waals surface area contributed by atoms with Crippen molar-refractivity contribution in [2.24, 2.45) is 5.92 Å². The molecule has 0 N–H and O–H groups in total. The highest BCUT2D eigenvalue weighted by atomic mass is 16.5. The maximum atomic E-state index is 12.5. The van der Waals surface area contributed by atoms with Crippen molar-refractivity contribution in [3.05, 3.63) is 59.7 Å². The Balaban J connectivity index is 2.23. The highest BCUT2D eigenvalue weighted by Gasteiger charge is 2.27. The Hall–Kier alpha value is -2.95. The zero-order valence-corrected chi connectivity index (χ0v) is 17.3. The molecule has 0 heterocycles. The lowest BCUT2D eigenvalue weighted by atomic mass is 9.91. The van der Waals surface area contributed by atoms with Crippen LogP contribution < -0.4 is 0 Å². The number of methoxy groups -OCH3 is 1. The fourth-order valence-corrected chi connectivity index (χ4v) is 3.18. The van der Waals surface area contributed by atoms with Crippen LogP contribution in [0.3, 0.4) is 0 Å². The predicted molar refractivity (Wildman–Crippen MR) is 112 cm³/mol. The summed E-state index contributed by atoms with van der Waals surface area (Å²) in [5, 5.41) is 0. The van der Waals surface area contributed by atoms with Crippen molar-refractivity contribution < 1.29 is 23.9 Å². The van der Waals surface area contributed by atoms with E-state index < -0.39 is 17.9 Å². The number of carbonyl (C=O) groups is 3. The van der Waals surface area contributed by atoms with Crippen molar-refractivity contribution in [2.45, 2.75) is 39.5 Å². The maximum Gasteiger partial charge on any atom is 0.338 e. The quantitative estimate of drug-likeness (QED) is 0.433. The van der Waals surface area contributed by atoms with Crippen LogP contribution in [0.15, 0.2) is 48.5 Å². The zero-order valence-electron chi connectivity index (χ0n) is 17.3. The van der Waals surface area contributed by atoms with E-state index in [1.165, 1.54) is 7.11 Å². The van der Waals surface area contributed by atoms with E-state index in [9.17, 15) is 14.4 Å². The Morgan fingerprint density at radius 3 is 2.28 bits per heavy atom. The van der Waals surface area contributed by atoms with E-state index >= 15 is 0 Å². The highest BCUT2D eigenvalue weighted by molar-refractivity contribution is 5.99. The van der Waals surface area contributed by atoms with Crippen LogP contribution >= 0.6 is 0 Å². The molecule has 5 heteroatoms. The standard InChI is InChI=1S/C24H28O5/c1-4-6-11-22(25)21(24(27)29-5-2)16-17-12-14-18(15-13-17)19-9-7-8-10-20(19)23(26)28-3/h7-10,12-15,21H,4-6,11,16H2,1-3H3. The van der Waals surface area contributed by atoms with Gasteiger partial charge in [0.1, 0.15) is 11.7 Å². The summed E-state index contributed by atoms with van der Waals surface area (Å²) in [5.74, 6) is -1.72. The fraction of sp³-hybridized carbons (Fsp3) is 0.375. The number of esters is 2. The van der Waals surface area contributed by atoms with Gasteiger partial charge in [-0.2, -0.15) is 0 Å².